The number of hydrogen-bond acceptors (Lipinski definition) is 6. The van der Waals surface area contributed by atoms with Gasteiger partial charge < -0.3 is 10.6 Å². The van der Waals surface area contributed by atoms with Crippen LogP contribution in [0.25, 0.3) is 11.1 Å². The molecule has 0 spiro atoms. The highest BCUT2D eigenvalue weighted by molar-refractivity contribution is 7.91. The fourth-order valence-corrected chi connectivity index (χ4v) is 4.88. The molecular weight excluding hydrogens is 394 g/mol. The Labute approximate surface area is 159 Å². The van der Waals surface area contributed by atoms with Crippen LogP contribution in [0.5, 0.6) is 0 Å². The quantitative estimate of drug-likeness (QED) is 0.262. The van der Waals surface area contributed by atoms with Crippen LogP contribution in [-0.2, 0) is 25.2 Å². The van der Waals surface area contributed by atoms with Crippen LogP contribution in [0.2, 0.25) is 5.02 Å². The maximum absolute atomic E-state index is 12.7. The molecule has 0 bridgehead atoms. The van der Waals surface area contributed by atoms with Crippen molar-refractivity contribution < 1.29 is 22.8 Å². The van der Waals surface area contributed by atoms with Gasteiger partial charge in [-0.2, -0.15) is 0 Å². The van der Waals surface area contributed by atoms with Crippen LogP contribution < -0.4 is 11.1 Å². The summed E-state index contributed by atoms with van der Waals surface area (Å²) in [5.74, 6) is -1.38. The van der Waals surface area contributed by atoms with Crippen molar-refractivity contribution in [1.29, 1.82) is 0 Å². The molecule has 1 aliphatic heterocycles. The molecule has 2 aromatic rings. The highest BCUT2D eigenvalue weighted by Crippen LogP contribution is 2.41. The first-order valence-corrected chi connectivity index (χ1v) is 9.67. The van der Waals surface area contributed by atoms with Crippen molar-refractivity contribution in [1.82, 2.24) is 5.32 Å². The molecule has 2 aromatic carbocycles. The van der Waals surface area contributed by atoms with E-state index in [1.165, 1.54) is 6.07 Å². The first-order chi connectivity index (χ1) is 12.7. The van der Waals surface area contributed by atoms with E-state index in [1.807, 2.05) is 0 Å². The second-order valence-electron chi connectivity index (χ2n) is 5.82. The third kappa shape index (κ3) is 3.51. The number of oxime groups is 1. The second-order valence-corrected chi connectivity index (χ2v) is 8.19. The average molecular weight is 408 g/mol. The molecule has 140 valence electrons. The van der Waals surface area contributed by atoms with Crippen molar-refractivity contribution in [2.45, 2.75) is 17.6 Å². The Balaban J connectivity index is 2.11. The number of nitrogens with one attached hydrogen (secondary N) is 1. The van der Waals surface area contributed by atoms with Gasteiger partial charge in [0.1, 0.15) is 0 Å². The Hall–Kier alpha value is -2.91. The summed E-state index contributed by atoms with van der Waals surface area (Å²) in [6.45, 7) is 1.70. The Kier molecular flexibility index (Phi) is 4.90. The molecule has 1 amide bonds. The van der Waals surface area contributed by atoms with Gasteiger partial charge in [-0.25, -0.2) is 8.42 Å². The zero-order valence-corrected chi connectivity index (χ0v) is 15.6. The van der Waals surface area contributed by atoms with Gasteiger partial charge in [0, 0.05) is 16.1 Å². The normalized spacial score (nSPS) is 14.7. The van der Waals surface area contributed by atoms with Crippen molar-refractivity contribution in [2.24, 2.45) is 10.9 Å². The van der Waals surface area contributed by atoms with Gasteiger partial charge in [0.15, 0.2) is 9.84 Å². The van der Waals surface area contributed by atoms with Gasteiger partial charge in [-0.1, -0.05) is 23.7 Å². The molecule has 10 heteroatoms. The van der Waals surface area contributed by atoms with Crippen LogP contribution >= 0.6 is 11.6 Å². The van der Waals surface area contributed by atoms with Crippen LogP contribution in [0, 0.1) is 6.92 Å². The molecular formula is C17H14ClN3O5S. The van der Waals surface area contributed by atoms with Crippen LogP contribution in [0.3, 0.4) is 0 Å². The van der Waals surface area contributed by atoms with Gasteiger partial charge in [0.25, 0.3) is 5.91 Å². The summed E-state index contributed by atoms with van der Waals surface area (Å²) in [6, 6.07) is 8.08. The number of sulfone groups is 1. The molecule has 0 atom stereocenters. The molecule has 27 heavy (non-hydrogen) atoms. The molecule has 0 aliphatic carbocycles. The van der Waals surface area contributed by atoms with Crippen molar-refractivity contribution in [3.8, 4) is 11.1 Å². The minimum atomic E-state index is -3.69. The number of hydrogen-bond donors (Lipinski definition) is 2. The van der Waals surface area contributed by atoms with Crippen molar-refractivity contribution in [3.05, 3.63) is 52.0 Å². The Bertz CT molecular complexity index is 1100. The summed E-state index contributed by atoms with van der Waals surface area (Å²) >= 11 is 6.16. The fourth-order valence-electron chi connectivity index (χ4n) is 2.91. The molecule has 1 heterocycles. The zero-order chi connectivity index (χ0) is 19.8. The second kappa shape index (κ2) is 7.01. The van der Waals surface area contributed by atoms with Crippen LogP contribution in [-0.4, -0.2) is 26.8 Å². The average Bonchev–Trinajstić information content (AvgIpc) is 2.60. The smallest absolute Gasteiger partial charge is 0.323 e. The summed E-state index contributed by atoms with van der Waals surface area (Å²) in [7, 11) is -3.69. The molecule has 0 unspecified atom stereocenters. The summed E-state index contributed by atoms with van der Waals surface area (Å²) in [5, 5.41) is 5.75. The summed E-state index contributed by atoms with van der Waals surface area (Å²) < 4.78 is 25.5. The van der Waals surface area contributed by atoms with E-state index in [1.54, 1.807) is 31.2 Å². The molecule has 0 aromatic heterocycles. The van der Waals surface area contributed by atoms with Gasteiger partial charge >= 0.3 is 6.47 Å². The summed E-state index contributed by atoms with van der Waals surface area (Å²) in [6.07, 6.45) is 0. The maximum Gasteiger partial charge on any atom is 0.323 e. The number of nitrogens with zero attached hydrogens (tertiary/aromatic N) is 1. The largest absolute Gasteiger partial charge is 0.367 e. The van der Waals surface area contributed by atoms with E-state index < -0.39 is 21.7 Å². The molecule has 1 aliphatic rings. The van der Waals surface area contributed by atoms with Gasteiger partial charge in [-0.15, -0.1) is 0 Å². The number of aryl methyl sites for hydroxylation is 1. The van der Waals surface area contributed by atoms with E-state index in [-0.39, 0.29) is 22.7 Å². The molecule has 3 rings (SSSR count). The lowest BCUT2D eigenvalue weighted by Crippen LogP contribution is -2.37. The maximum atomic E-state index is 12.7. The van der Waals surface area contributed by atoms with Crippen molar-refractivity contribution in [3.63, 3.8) is 0 Å². The van der Waals surface area contributed by atoms with E-state index in [9.17, 15) is 18.0 Å². The number of rotatable bonds is 3. The van der Waals surface area contributed by atoms with E-state index in [0.29, 0.717) is 27.3 Å². The van der Waals surface area contributed by atoms with Crippen molar-refractivity contribution >= 4 is 39.8 Å². The monoisotopic (exact) mass is 407 g/mol. The lowest BCUT2D eigenvalue weighted by molar-refractivity contribution is -0.128. The molecule has 0 saturated carbocycles. The standard InChI is InChI=1S/C17H14ClN3O5S/c1-9-5-12-10-3-2-4-14(18)13(10)7-27(24,25)15(12)6-11(9)16(23)20-17(19)21-26-8-22/h2-6,8H,7H2,1H3,(H3,19,20,21,23). The molecule has 8 nitrogen and oxygen atoms in total. The lowest BCUT2D eigenvalue weighted by Gasteiger charge is -2.22. The first-order valence-electron chi connectivity index (χ1n) is 7.64. The Morgan fingerprint density at radius 1 is 1.33 bits per heavy atom. The minimum absolute atomic E-state index is 0.0349. The number of benzene rings is 2. The number of nitrogens with two attached hydrogens (primary N) is 1. The van der Waals surface area contributed by atoms with Gasteiger partial charge in [-0.3, -0.25) is 14.9 Å². The summed E-state index contributed by atoms with van der Waals surface area (Å²) in [5.41, 5.74) is 7.78. The van der Waals surface area contributed by atoms with Crippen LogP contribution in [0.1, 0.15) is 21.5 Å². The Morgan fingerprint density at radius 2 is 2.07 bits per heavy atom. The number of amides is 1. The number of halogens is 1. The topological polar surface area (TPSA) is 128 Å². The molecule has 0 fully saturated rings. The third-order valence-electron chi connectivity index (χ3n) is 4.09. The molecule has 3 N–H and O–H groups in total. The van der Waals surface area contributed by atoms with Gasteiger partial charge in [0.05, 0.1) is 10.6 Å². The highest BCUT2D eigenvalue weighted by Gasteiger charge is 2.31. The summed E-state index contributed by atoms with van der Waals surface area (Å²) in [4.78, 5) is 26.6. The van der Waals surface area contributed by atoms with Crippen LogP contribution in [0.4, 0.5) is 0 Å². The van der Waals surface area contributed by atoms with Gasteiger partial charge in [0.2, 0.25) is 5.96 Å². The number of fused-ring (bicyclic) bond motifs is 3. The van der Waals surface area contributed by atoms with Crippen LogP contribution in [0.15, 0.2) is 40.4 Å². The highest BCUT2D eigenvalue weighted by atomic mass is 35.5. The van der Waals surface area contributed by atoms with E-state index in [4.69, 9.17) is 17.3 Å². The van der Waals surface area contributed by atoms with E-state index >= 15 is 0 Å². The third-order valence-corrected chi connectivity index (χ3v) is 6.12. The zero-order valence-electron chi connectivity index (χ0n) is 14.0. The molecule has 0 saturated heterocycles. The molecule has 0 radical (unpaired) electrons. The fraction of sp³-hybridized carbons (Fsp3) is 0.118. The Morgan fingerprint density at radius 3 is 2.78 bits per heavy atom. The SMILES string of the molecule is Cc1cc2c(cc1C(=O)NC(N)=NOC=O)S(=O)(=O)Cc1c(Cl)cccc1-2. The van der Waals surface area contributed by atoms with Gasteiger partial charge in [-0.05, 0) is 47.0 Å². The number of carbonyl (C=O) groups is 2. The predicted octanol–water partition coefficient (Wildman–Crippen LogP) is 1.74. The van der Waals surface area contributed by atoms with Crippen molar-refractivity contribution in [2.75, 3.05) is 0 Å². The lowest BCUT2D eigenvalue weighted by atomic mass is 9.96. The minimum Gasteiger partial charge on any atom is -0.367 e. The van der Waals surface area contributed by atoms with E-state index in [0.717, 1.165) is 0 Å². The van der Waals surface area contributed by atoms with E-state index in [2.05, 4.69) is 15.3 Å². The number of carbonyl (C=O) groups excluding carboxylic acids is 2. The number of guanidine groups is 1. The predicted molar refractivity (Wildman–Crippen MR) is 98.8 cm³/mol. The first kappa shape index (κ1) is 18.9.